The largest absolute Gasteiger partial charge is 0.349 e. The van der Waals surface area contributed by atoms with Crippen molar-refractivity contribution in [2.24, 2.45) is 7.05 Å². The minimum absolute atomic E-state index is 0.0684. The highest BCUT2D eigenvalue weighted by atomic mass is 35.7. The van der Waals surface area contributed by atoms with Crippen LogP contribution in [0.2, 0.25) is 0 Å². The average molecular weight is 248 g/mol. The number of rotatable bonds is 1. The number of hydrogen-bond donors (Lipinski definition) is 0. The molecule has 0 atom stereocenters. The third-order valence-electron chi connectivity index (χ3n) is 2.18. The molecular formula is C9H7ClFNO2S. The molecule has 0 unspecified atom stereocenters. The molecule has 0 N–H and O–H groups in total. The summed E-state index contributed by atoms with van der Waals surface area (Å²) in [6.45, 7) is 0. The fourth-order valence-corrected chi connectivity index (χ4v) is 2.60. The van der Waals surface area contributed by atoms with Crippen LogP contribution in [0.4, 0.5) is 4.39 Å². The lowest BCUT2D eigenvalue weighted by atomic mass is 10.2. The zero-order chi connectivity index (χ0) is 11.2. The van der Waals surface area contributed by atoms with Crippen molar-refractivity contribution < 1.29 is 12.8 Å². The SMILES string of the molecule is Cn1cc(S(=O)(=O)Cl)c2cc(F)ccc21. The van der Waals surface area contributed by atoms with E-state index in [0.29, 0.717) is 10.9 Å². The minimum atomic E-state index is -3.84. The minimum Gasteiger partial charge on any atom is -0.349 e. The quantitative estimate of drug-likeness (QED) is 0.725. The van der Waals surface area contributed by atoms with Gasteiger partial charge in [-0.05, 0) is 18.2 Å². The number of fused-ring (bicyclic) bond motifs is 1. The van der Waals surface area contributed by atoms with Gasteiger partial charge in [0.2, 0.25) is 0 Å². The van der Waals surface area contributed by atoms with Crippen molar-refractivity contribution in [3.05, 3.63) is 30.2 Å². The topological polar surface area (TPSA) is 39.1 Å². The van der Waals surface area contributed by atoms with Crippen molar-refractivity contribution in [3.63, 3.8) is 0 Å². The van der Waals surface area contributed by atoms with Crippen molar-refractivity contribution >= 4 is 30.6 Å². The molecule has 0 aliphatic rings. The first kappa shape index (κ1) is 10.4. The molecule has 2 aromatic rings. The molecule has 0 aliphatic carbocycles. The first-order chi connectivity index (χ1) is 6.89. The average Bonchev–Trinajstić information content (AvgIpc) is 2.42. The Labute approximate surface area is 90.5 Å². The van der Waals surface area contributed by atoms with Gasteiger partial charge in [-0.25, -0.2) is 12.8 Å². The predicted octanol–water partition coefficient (Wildman–Crippen LogP) is 2.24. The van der Waals surface area contributed by atoms with Crippen LogP contribution in [0.25, 0.3) is 10.9 Å². The van der Waals surface area contributed by atoms with Gasteiger partial charge in [-0.3, -0.25) is 0 Å². The molecule has 1 aromatic carbocycles. The van der Waals surface area contributed by atoms with E-state index in [4.69, 9.17) is 10.7 Å². The fraction of sp³-hybridized carbons (Fsp3) is 0.111. The summed E-state index contributed by atoms with van der Waals surface area (Å²) >= 11 is 0. The molecule has 0 aliphatic heterocycles. The molecule has 2 rings (SSSR count). The molecule has 6 heteroatoms. The van der Waals surface area contributed by atoms with E-state index in [2.05, 4.69) is 0 Å². The Balaban J connectivity index is 2.94. The lowest BCUT2D eigenvalue weighted by molar-refractivity contribution is 0.610. The summed E-state index contributed by atoms with van der Waals surface area (Å²) in [5.74, 6) is -0.490. The summed E-state index contributed by atoms with van der Waals surface area (Å²) in [5, 5.41) is 0.299. The first-order valence-electron chi connectivity index (χ1n) is 4.09. The number of hydrogen-bond acceptors (Lipinski definition) is 2. The maximum atomic E-state index is 13.0. The second-order valence-corrected chi connectivity index (χ2v) is 5.74. The molecule has 0 amide bonds. The highest BCUT2D eigenvalue weighted by Gasteiger charge is 2.17. The van der Waals surface area contributed by atoms with E-state index >= 15 is 0 Å². The van der Waals surface area contributed by atoms with Crippen LogP contribution in [0.3, 0.4) is 0 Å². The standard InChI is InChI=1S/C9H7ClFNO2S/c1-12-5-9(15(10,13)14)7-4-6(11)2-3-8(7)12/h2-5H,1H3. The van der Waals surface area contributed by atoms with E-state index in [1.54, 1.807) is 11.6 Å². The monoisotopic (exact) mass is 247 g/mol. The molecule has 0 radical (unpaired) electrons. The zero-order valence-electron chi connectivity index (χ0n) is 7.74. The highest BCUT2D eigenvalue weighted by molar-refractivity contribution is 8.14. The molecule has 1 aromatic heterocycles. The van der Waals surface area contributed by atoms with Gasteiger partial charge in [0.1, 0.15) is 10.7 Å². The lowest BCUT2D eigenvalue weighted by Crippen LogP contribution is -1.88. The van der Waals surface area contributed by atoms with Crippen LogP contribution in [0, 0.1) is 5.82 Å². The smallest absolute Gasteiger partial charge is 0.263 e. The molecule has 15 heavy (non-hydrogen) atoms. The summed E-state index contributed by atoms with van der Waals surface area (Å²) in [5.41, 5.74) is 0.621. The van der Waals surface area contributed by atoms with Gasteiger partial charge in [0, 0.05) is 34.8 Å². The molecule has 0 saturated heterocycles. The molecule has 0 spiro atoms. The third-order valence-corrected chi connectivity index (χ3v) is 3.53. The van der Waals surface area contributed by atoms with Crippen LogP contribution in [0.1, 0.15) is 0 Å². The third kappa shape index (κ3) is 1.72. The summed E-state index contributed by atoms with van der Waals surface area (Å²) in [6, 6.07) is 3.94. The molecule has 0 bridgehead atoms. The van der Waals surface area contributed by atoms with Crippen LogP contribution in [0.15, 0.2) is 29.3 Å². The van der Waals surface area contributed by atoms with E-state index in [1.807, 2.05) is 0 Å². The summed E-state index contributed by atoms with van der Waals surface area (Å²) in [7, 11) is 3.07. The maximum absolute atomic E-state index is 13.0. The van der Waals surface area contributed by atoms with Gasteiger partial charge in [-0.15, -0.1) is 0 Å². The van der Waals surface area contributed by atoms with Crippen molar-refractivity contribution in [2.75, 3.05) is 0 Å². The Hall–Kier alpha value is -1.07. The maximum Gasteiger partial charge on any atom is 0.263 e. The van der Waals surface area contributed by atoms with Gasteiger partial charge < -0.3 is 4.57 Å². The molecular weight excluding hydrogens is 241 g/mol. The van der Waals surface area contributed by atoms with Crippen molar-refractivity contribution in [1.82, 2.24) is 4.57 Å². The first-order valence-corrected chi connectivity index (χ1v) is 6.40. The van der Waals surface area contributed by atoms with E-state index in [9.17, 15) is 12.8 Å². The van der Waals surface area contributed by atoms with Gasteiger partial charge >= 0.3 is 0 Å². The summed E-state index contributed by atoms with van der Waals surface area (Å²) in [6.07, 6.45) is 1.37. The molecule has 0 fully saturated rings. The van der Waals surface area contributed by atoms with E-state index < -0.39 is 14.9 Å². The number of aryl methyl sites for hydroxylation is 1. The lowest BCUT2D eigenvalue weighted by Gasteiger charge is -1.95. The predicted molar refractivity (Wildman–Crippen MR) is 55.9 cm³/mol. The summed E-state index contributed by atoms with van der Waals surface area (Å²) in [4.78, 5) is -0.0684. The molecule has 1 heterocycles. The summed E-state index contributed by atoms with van der Waals surface area (Å²) < 4.78 is 37.0. The van der Waals surface area contributed by atoms with E-state index in [-0.39, 0.29) is 4.90 Å². The van der Waals surface area contributed by atoms with Crippen LogP contribution in [-0.2, 0) is 16.1 Å². The van der Waals surface area contributed by atoms with Crippen LogP contribution < -0.4 is 0 Å². The highest BCUT2D eigenvalue weighted by Crippen LogP contribution is 2.27. The van der Waals surface area contributed by atoms with Crippen molar-refractivity contribution in [3.8, 4) is 0 Å². The van der Waals surface area contributed by atoms with Crippen molar-refractivity contribution in [2.45, 2.75) is 4.90 Å². The Morgan fingerprint density at radius 2 is 2.07 bits per heavy atom. The molecule has 3 nitrogen and oxygen atoms in total. The number of aromatic nitrogens is 1. The Kier molecular flexibility index (Phi) is 2.24. The Morgan fingerprint density at radius 1 is 1.40 bits per heavy atom. The van der Waals surface area contributed by atoms with Gasteiger partial charge in [-0.1, -0.05) is 0 Å². The Bertz CT molecular complexity index is 633. The number of nitrogens with zero attached hydrogens (tertiary/aromatic N) is 1. The van der Waals surface area contributed by atoms with E-state index in [1.165, 1.54) is 18.3 Å². The van der Waals surface area contributed by atoms with Crippen molar-refractivity contribution in [1.29, 1.82) is 0 Å². The number of benzene rings is 1. The number of halogens is 2. The van der Waals surface area contributed by atoms with Gasteiger partial charge in [0.25, 0.3) is 9.05 Å². The molecule has 80 valence electrons. The van der Waals surface area contributed by atoms with Crippen LogP contribution in [0.5, 0.6) is 0 Å². The second-order valence-electron chi connectivity index (χ2n) is 3.20. The van der Waals surface area contributed by atoms with Gasteiger partial charge in [0.05, 0.1) is 0 Å². The van der Waals surface area contributed by atoms with Gasteiger partial charge in [-0.2, -0.15) is 0 Å². The Morgan fingerprint density at radius 3 is 2.67 bits per heavy atom. The van der Waals surface area contributed by atoms with Crippen LogP contribution in [-0.4, -0.2) is 13.0 Å². The second kappa shape index (κ2) is 3.21. The fourth-order valence-electron chi connectivity index (χ4n) is 1.52. The molecule has 0 saturated carbocycles. The van der Waals surface area contributed by atoms with E-state index in [0.717, 1.165) is 6.07 Å². The normalized spacial score (nSPS) is 12.2. The van der Waals surface area contributed by atoms with Gasteiger partial charge in [0.15, 0.2) is 0 Å². The van der Waals surface area contributed by atoms with Crippen LogP contribution >= 0.6 is 10.7 Å². The zero-order valence-corrected chi connectivity index (χ0v) is 9.31.